The van der Waals surface area contributed by atoms with Crippen molar-refractivity contribution in [3.63, 3.8) is 0 Å². The molecule has 0 unspecified atom stereocenters. The highest BCUT2D eigenvalue weighted by Gasteiger charge is 2.47. The van der Waals surface area contributed by atoms with E-state index >= 15 is 0 Å². The first-order valence-corrected chi connectivity index (χ1v) is 7.61. The Kier molecular flexibility index (Phi) is 4.66. The molecular weight excluding hydrogens is 226 g/mol. The van der Waals surface area contributed by atoms with Crippen LogP contribution in [0.5, 0.6) is 0 Å². The molecule has 104 valence electrons. The van der Waals surface area contributed by atoms with Crippen LogP contribution in [0.25, 0.3) is 0 Å². The van der Waals surface area contributed by atoms with Gasteiger partial charge in [-0.1, -0.05) is 13.3 Å². The monoisotopic (exact) mass is 253 g/mol. The lowest BCUT2D eigenvalue weighted by molar-refractivity contribution is -0.162. The van der Waals surface area contributed by atoms with Gasteiger partial charge in [-0.15, -0.1) is 0 Å². The fraction of sp³-hybridized carbons (Fsp3) is 0.933. The second kappa shape index (κ2) is 6.05. The van der Waals surface area contributed by atoms with Crippen LogP contribution in [0, 0.1) is 5.92 Å². The first-order chi connectivity index (χ1) is 8.69. The predicted molar refractivity (Wildman–Crippen MR) is 72.4 cm³/mol. The smallest absolute Gasteiger partial charge is 0.326 e. The second-order valence-corrected chi connectivity index (χ2v) is 5.98. The third-order valence-electron chi connectivity index (χ3n) is 4.72. The Morgan fingerprint density at radius 3 is 2.39 bits per heavy atom. The summed E-state index contributed by atoms with van der Waals surface area (Å²) in [5.74, 6) is 0.802. The number of rotatable bonds is 3. The molecule has 0 aromatic rings. The maximum Gasteiger partial charge on any atom is 0.326 e. The molecule has 0 bridgehead atoms. The highest BCUT2D eigenvalue weighted by Crippen LogP contribution is 2.38. The predicted octanol–water partition coefficient (Wildman–Crippen LogP) is 2.98. The van der Waals surface area contributed by atoms with E-state index in [9.17, 15) is 4.79 Å². The number of hydrogen-bond acceptors (Lipinski definition) is 3. The minimum atomic E-state index is -0.289. The van der Waals surface area contributed by atoms with Crippen molar-refractivity contribution in [1.82, 2.24) is 4.90 Å². The van der Waals surface area contributed by atoms with E-state index in [-0.39, 0.29) is 11.5 Å². The zero-order valence-electron chi connectivity index (χ0n) is 11.9. The fourth-order valence-corrected chi connectivity index (χ4v) is 3.48. The number of likely N-dealkylation sites (tertiary alicyclic amines) is 1. The van der Waals surface area contributed by atoms with Crippen LogP contribution < -0.4 is 0 Å². The van der Waals surface area contributed by atoms with E-state index < -0.39 is 0 Å². The first-order valence-electron chi connectivity index (χ1n) is 7.61. The summed E-state index contributed by atoms with van der Waals surface area (Å²) in [7, 11) is 0. The lowest BCUT2D eigenvalue weighted by atomic mass is 9.75. The maximum absolute atomic E-state index is 12.5. The molecule has 0 aromatic heterocycles. The Morgan fingerprint density at radius 2 is 1.83 bits per heavy atom. The van der Waals surface area contributed by atoms with Gasteiger partial charge in [-0.25, -0.2) is 0 Å². The molecule has 0 aromatic carbocycles. The van der Waals surface area contributed by atoms with Crippen molar-refractivity contribution in [1.29, 1.82) is 0 Å². The zero-order valence-corrected chi connectivity index (χ0v) is 11.9. The van der Waals surface area contributed by atoms with Gasteiger partial charge in [0.15, 0.2) is 0 Å². The third-order valence-corrected chi connectivity index (χ3v) is 4.72. The van der Waals surface area contributed by atoms with Gasteiger partial charge in [0, 0.05) is 0 Å². The molecule has 1 saturated heterocycles. The summed E-state index contributed by atoms with van der Waals surface area (Å²) in [5, 5.41) is 0. The van der Waals surface area contributed by atoms with E-state index in [2.05, 4.69) is 11.8 Å². The number of ether oxygens (including phenoxy) is 1. The minimum absolute atomic E-state index is 0.0406. The van der Waals surface area contributed by atoms with Gasteiger partial charge in [0.05, 0.1) is 6.61 Å². The third kappa shape index (κ3) is 2.71. The molecule has 0 N–H and O–H groups in total. The zero-order chi connectivity index (χ0) is 13.0. The van der Waals surface area contributed by atoms with Crippen LogP contribution >= 0.6 is 0 Å². The second-order valence-electron chi connectivity index (χ2n) is 5.98. The van der Waals surface area contributed by atoms with Crippen LogP contribution in [-0.2, 0) is 9.53 Å². The number of hydrogen-bond donors (Lipinski definition) is 0. The van der Waals surface area contributed by atoms with Crippen LogP contribution in [-0.4, -0.2) is 36.1 Å². The van der Waals surface area contributed by atoms with Gasteiger partial charge in [0.2, 0.25) is 0 Å². The summed E-state index contributed by atoms with van der Waals surface area (Å²) in [4.78, 5) is 14.9. The quantitative estimate of drug-likeness (QED) is 0.724. The molecule has 1 aliphatic carbocycles. The van der Waals surface area contributed by atoms with Crippen molar-refractivity contribution < 1.29 is 9.53 Å². The van der Waals surface area contributed by atoms with Crippen LogP contribution in [0.1, 0.15) is 58.8 Å². The number of piperidine rings is 1. The van der Waals surface area contributed by atoms with Crippen molar-refractivity contribution in [2.24, 2.45) is 5.92 Å². The van der Waals surface area contributed by atoms with Crippen LogP contribution in [0.15, 0.2) is 0 Å². The van der Waals surface area contributed by atoms with Gasteiger partial charge < -0.3 is 4.74 Å². The van der Waals surface area contributed by atoms with Crippen molar-refractivity contribution in [2.45, 2.75) is 64.3 Å². The van der Waals surface area contributed by atoms with Crippen LogP contribution in [0.3, 0.4) is 0 Å². The molecule has 1 saturated carbocycles. The molecule has 0 amide bonds. The summed E-state index contributed by atoms with van der Waals surface area (Å²) in [5.41, 5.74) is -0.289. The van der Waals surface area contributed by atoms with Crippen LogP contribution in [0.2, 0.25) is 0 Å². The Balaban J connectivity index is 2.13. The number of carbonyl (C=O) groups is 1. The average Bonchev–Trinajstić information content (AvgIpc) is 2.41. The van der Waals surface area contributed by atoms with E-state index in [1.165, 1.54) is 19.3 Å². The lowest BCUT2D eigenvalue weighted by Gasteiger charge is -2.47. The Hall–Kier alpha value is -0.570. The summed E-state index contributed by atoms with van der Waals surface area (Å²) in [6.45, 7) is 6.86. The molecule has 3 heteroatoms. The molecule has 2 fully saturated rings. The minimum Gasteiger partial charge on any atom is -0.465 e. The normalized spacial score (nSPS) is 34.2. The maximum atomic E-state index is 12.5. The lowest BCUT2D eigenvalue weighted by Crippen LogP contribution is -2.58. The molecular formula is C15H27NO2. The summed E-state index contributed by atoms with van der Waals surface area (Å²) in [6, 6.07) is 0. The van der Waals surface area contributed by atoms with E-state index in [0.29, 0.717) is 6.61 Å². The van der Waals surface area contributed by atoms with Crippen LogP contribution in [0.4, 0.5) is 0 Å². The molecule has 1 aliphatic heterocycles. The number of nitrogens with zero attached hydrogens (tertiary/aromatic N) is 1. The SMILES string of the molecule is CCOC(=O)C1(N2CCCCC2)CCC(C)CC1. The van der Waals surface area contributed by atoms with E-state index in [0.717, 1.165) is 44.7 Å². The van der Waals surface area contributed by atoms with Crippen molar-refractivity contribution in [3.8, 4) is 0 Å². The Morgan fingerprint density at radius 1 is 1.22 bits per heavy atom. The molecule has 18 heavy (non-hydrogen) atoms. The van der Waals surface area contributed by atoms with Gasteiger partial charge in [0.25, 0.3) is 0 Å². The van der Waals surface area contributed by atoms with Crippen molar-refractivity contribution in [2.75, 3.05) is 19.7 Å². The highest BCUT2D eigenvalue weighted by molar-refractivity contribution is 5.81. The van der Waals surface area contributed by atoms with E-state index in [4.69, 9.17) is 4.74 Å². The molecule has 3 nitrogen and oxygen atoms in total. The average molecular weight is 253 g/mol. The van der Waals surface area contributed by atoms with Crippen molar-refractivity contribution in [3.05, 3.63) is 0 Å². The Labute approximate surface area is 111 Å². The van der Waals surface area contributed by atoms with Gasteiger partial charge >= 0.3 is 5.97 Å². The molecule has 2 aliphatic rings. The summed E-state index contributed by atoms with van der Waals surface area (Å²) in [6.07, 6.45) is 8.09. The molecule has 0 spiro atoms. The van der Waals surface area contributed by atoms with Gasteiger partial charge in [-0.2, -0.15) is 0 Å². The molecule has 2 rings (SSSR count). The Bertz CT molecular complexity index is 276. The first kappa shape index (κ1) is 13.9. The largest absolute Gasteiger partial charge is 0.465 e. The van der Waals surface area contributed by atoms with Gasteiger partial charge in [-0.3, -0.25) is 9.69 Å². The van der Waals surface area contributed by atoms with Crippen molar-refractivity contribution >= 4 is 5.97 Å². The van der Waals surface area contributed by atoms with E-state index in [1.54, 1.807) is 0 Å². The topological polar surface area (TPSA) is 29.5 Å². The summed E-state index contributed by atoms with van der Waals surface area (Å²) >= 11 is 0. The molecule has 0 radical (unpaired) electrons. The number of esters is 1. The number of carbonyl (C=O) groups excluding carboxylic acids is 1. The van der Waals surface area contributed by atoms with Gasteiger partial charge in [0.1, 0.15) is 5.54 Å². The fourth-order valence-electron chi connectivity index (χ4n) is 3.48. The molecule has 1 heterocycles. The standard InChI is InChI=1S/C15H27NO2/c1-3-18-14(17)15(9-7-13(2)8-10-15)16-11-5-4-6-12-16/h13H,3-12H2,1-2H3. The highest BCUT2D eigenvalue weighted by atomic mass is 16.5. The summed E-state index contributed by atoms with van der Waals surface area (Å²) < 4.78 is 5.39. The van der Waals surface area contributed by atoms with Gasteiger partial charge in [-0.05, 0) is 64.5 Å². The molecule has 0 atom stereocenters. The van der Waals surface area contributed by atoms with E-state index in [1.807, 2.05) is 6.92 Å².